The van der Waals surface area contributed by atoms with Crippen LogP contribution >= 0.6 is 0 Å². The third-order valence-corrected chi connectivity index (χ3v) is 10.6. The molecule has 0 radical (unpaired) electrons. The minimum Gasteiger partial charge on any atom is -0.456 e. The van der Waals surface area contributed by atoms with Gasteiger partial charge in [0.2, 0.25) is 0 Å². The van der Waals surface area contributed by atoms with E-state index in [0.29, 0.717) is 0 Å². The average Bonchev–Trinajstić information content (AvgIpc) is 3.91. The van der Waals surface area contributed by atoms with Crippen LogP contribution in [0.2, 0.25) is 0 Å². The summed E-state index contributed by atoms with van der Waals surface area (Å²) in [6.07, 6.45) is 0. The van der Waals surface area contributed by atoms with Crippen LogP contribution in [-0.4, -0.2) is 4.57 Å². The average molecular weight is 693 g/mol. The van der Waals surface area contributed by atoms with Crippen molar-refractivity contribution in [2.24, 2.45) is 0 Å². The van der Waals surface area contributed by atoms with Gasteiger partial charge in [0.25, 0.3) is 0 Å². The number of rotatable bonds is 6. The van der Waals surface area contributed by atoms with Crippen LogP contribution < -0.4 is 4.90 Å². The quantitative estimate of drug-likeness (QED) is 0.174. The van der Waals surface area contributed by atoms with Gasteiger partial charge in [-0.05, 0) is 89.5 Å². The molecule has 4 nitrogen and oxygen atoms in total. The van der Waals surface area contributed by atoms with Crippen LogP contribution in [0.5, 0.6) is 0 Å². The molecule has 0 unspecified atom stereocenters. The van der Waals surface area contributed by atoms with E-state index in [1.807, 2.05) is 12.1 Å². The molecular formula is C50H32N2O2. The first-order chi connectivity index (χ1) is 26.8. The van der Waals surface area contributed by atoms with Gasteiger partial charge in [-0.3, -0.25) is 0 Å². The van der Waals surface area contributed by atoms with Gasteiger partial charge < -0.3 is 18.3 Å². The first-order valence-corrected chi connectivity index (χ1v) is 18.3. The first kappa shape index (κ1) is 30.3. The Bertz CT molecular complexity index is 3130. The molecule has 11 aromatic rings. The maximum atomic E-state index is 6.84. The highest BCUT2D eigenvalue weighted by atomic mass is 16.3. The number of aromatic nitrogens is 1. The second kappa shape index (κ2) is 12.1. The zero-order valence-electron chi connectivity index (χ0n) is 29.2. The van der Waals surface area contributed by atoms with Crippen LogP contribution in [0.25, 0.3) is 82.9 Å². The second-order valence-electron chi connectivity index (χ2n) is 13.7. The predicted molar refractivity (Wildman–Crippen MR) is 223 cm³/mol. The van der Waals surface area contributed by atoms with Crippen LogP contribution in [-0.2, 0) is 0 Å². The van der Waals surface area contributed by atoms with E-state index in [0.717, 1.165) is 88.8 Å². The molecule has 0 saturated carbocycles. The Morgan fingerprint density at radius 2 is 0.963 bits per heavy atom. The molecule has 0 bridgehead atoms. The van der Waals surface area contributed by atoms with Crippen LogP contribution in [0.15, 0.2) is 203 Å². The van der Waals surface area contributed by atoms with Crippen molar-refractivity contribution in [2.45, 2.75) is 0 Å². The predicted octanol–water partition coefficient (Wildman–Crippen LogP) is 14.2. The number of nitrogens with zero attached hydrogens (tertiary/aromatic N) is 2. The van der Waals surface area contributed by atoms with E-state index in [-0.39, 0.29) is 0 Å². The van der Waals surface area contributed by atoms with E-state index in [2.05, 4.69) is 191 Å². The molecule has 3 aromatic heterocycles. The van der Waals surface area contributed by atoms with E-state index < -0.39 is 0 Å². The van der Waals surface area contributed by atoms with Crippen LogP contribution in [0.3, 0.4) is 0 Å². The summed E-state index contributed by atoms with van der Waals surface area (Å²) >= 11 is 0. The minimum absolute atomic E-state index is 0.861. The maximum Gasteiger partial charge on any atom is 0.161 e. The van der Waals surface area contributed by atoms with Crippen molar-refractivity contribution in [3.05, 3.63) is 194 Å². The molecule has 254 valence electrons. The molecule has 0 saturated heterocycles. The maximum absolute atomic E-state index is 6.84. The molecule has 0 amide bonds. The topological polar surface area (TPSA) is 34.5 Å². The van der Waals surface area contributed by atoms with Gasteiger partial charge in [-0.25, -0.2) is 0 Å². The van der Waals surface area contributed by atoms with Gasteiger partial charge in [-0.1, -0.05) is 115 Å². The lowest BCUT2D eigenvalue weighted by Gasteiger charge is -2.26. The third-order valence-electron chi connectivity index (χ3n) is 10.6. The standard InChI is InChI=1S/C50H32N2O2/c1-3-12-33(13-4-1)34-22-26-37(27-23-34)51(39-30-31-42-41-16-8-10-21-46(41)53-47(42)32-39)38-28-24-35(25-29-38)40-18-11-19-44-48-50(54-49(40)44)43-17-7-9-20-45(43)52(48)36-14-5-2-6-15-36/h1-32H. The molecule has 8 aromatic carbocycles. The molecule has 54 heavy (non-hydrogen) atoms. The van der Waals surface area contributed by atoms with Gasteiger partial charge >= 0.3 is 0 Å². The Kier molecular flexibility index (Phi) is 6.82. The molecular weight excluding hydrogens is 661 g/mol. The fourth-order valence-electron chi connectivity index (χ4n) is 8.09. The molecule has 0 spiro atoms. The first-order valence-electron chi connectivity index (χ1n) is 18.3. The molecule has 4 heteroatoms. The van der Waals surface area contributed by atoms with E-state index in [9.17, 15) is 0 Å². The number of para-hydroxylation sites is 4. The third kappa shape index (κ3) is 4.78. The summed E-state index contributed by atoms with van der Waals surface area (Å²) < 4.78 is 15.5. The van der Waals surface area contributed by atoms with Crippen molar-refractivity contribution >= 4 is 72.0 Å². The molecule has 11 rings (SSSR count). The second-order valence-corrected chi connectivity index (χ2v) is 13.7. The normalized spacial score (nSPS) is 11.7. The molecule has 0 fully saturated rings. The molecule has 0 N–H and O–H groups in total. The monoisotopic (exact) mass is 692 g/mol. The SMILES string of the molecule is c1ccc(-c2ccc(N(c3ccc(-c4cccc5c4oc4c6ccccc6n(-c6ccccc6)c54)cc3)c3ccc4c(c3)oc3ccccc34)cc2)cc1. The summed E-state index contributed by atoms with van der Waals surface area (Å²) in [4.78, 5) is 2.29. The highest BCUT2D eigenvalue weighted by Gasteiger charge is 2.22. The Hall–Kier alpha value is -7.30. The minimum atomic E-state index is 0.861. The lowest BCUT2D eigenvalue weighted by Crippen LogP contribution is -2.09. The highest BCUT2D eigenvalue weighted by molar-refractivity contribution is 6.18. The molecule has 0 aliphatic heterocycles. The zero-order valence-corrected chi connectivity index (χ0v) is 29.2. The number of hydrogen-bond donors (Lipinski definition) is 0. The molecule has 0 aliphatic rings. The van der Waals surface area contributed by atoms with E-state index in [4.69, 9.17) is 8.83 Å². The summed E-state index contributed by atoms with van der Waals surface area (Å²) in [5.74, 6) is 0. The van der Waals surface area contributed by atoms with E-state index >= 15 is 0 Å². The molecule has 0 aliphatic carbocycles. The summed E-state index contributed by atoms with van der Waals surface area (Å²) in [7, 11) is 0. The van der Waals surface area contributed by atoms with Crippen molar-refractivity contribution in [3.63, 3.8) is 0 Å². The van der Waals surface area contributed by atoms with Gasteiger partial charge in [0.1, 0.15) is 22.3 Å². The van der Waals surface area contributed by atoms with Gasteiger partial charge in [-0.15, -0.1) is 0 Å². The van der Waals surface area contributed by atoms with Crippen molar-refractivity contribution in [2.75, 3.05) is 4.90 Å². The van der Waals surface area contributed by atoms with E-state index in [1.54, 1.807) is 0 Å². The smallest absolute Gasteiger partial charge is 0.161 e. The Balaban J connectivity index is 1.04. The van der Waals surface area contributed by atoms with Gasteiger partial charge in [0.15, 0.2) is 5.58 Å². The van der Waals surface area contributed by atoms with Gasteiger partial charge in [0, 0.05) is 55.9 Å². The van der Waals surface area contributed by atoms with E-state index in [1.165, 1.54) is 11.1 Å². The van der Waals surface area contributed by atoms with Crippen LogP contribution in [0.1, 0.15) is 0 Å². The van der Waals surface area contributed by atoms with Crippen molar-refractivity contribution in [3.8, 4) is 27.9 Å². The number of furan rings is 2. The van der Waals surface area contributed by atoms with Crippen LogP contribution in [0, 0.1) is 0 Å². The summed E-state index contributed by atoms with van der Waals surface area (Å²) in [5, 5.41) is 4.42. The molecule has 0 atom stereocenters. The fourth-order valence-corrected chi connectivity index (χ4v) is 8.09. The fraction of sp³-hybridized carbons (Fsp3) is 0. The van der Waals surface area contributed by atoms with Crippen molar-refractivity contribution in [1.82, 2.24) is 4.57 Å². The summed E-state index contributed by atoms with van der Waals surface area (Å²) in [6, 6.07) is 68.3. The van der Waals surface area contributed by atoms with Crippen LogP contribution in [0.4, 0.5) is 17.1 Å². The molecule has 3 heterocycles. The highest BCUT2D eigenvalue weighted by Crippen LogP contribution is 2.44. The number of benzene rings is 8. The summed E-state index contributed by atoms with van der Waals surface area (Å²) in [6.45, 7) is 0. The lowest BCUT2D eigenvalue weighted by molar-refractivity contribution is 0.669. The largest absolute Gasteiger partial charge is 0.456 e. The van der Waals surface area contributed by atoms with Gasteiger partial charge in [-0.2, -0.15) is 0 Å². The Morgan fingerprint density at radius 3 is 1.74 bits per heavy atom. The van der Waals surface area contributed by atoms with Crippen molar-refractivity contribution in [1.29, 1.82) is 0 Å². The lowest BCUT2D eigenvalue weighted by atomic mass is 10.0. The Labute approximate surface area is 311 Å². The number of anilines is 3. The Morgan fingerprint density at radius 1 is 0.370 bits per heavy atom. The zero-order chi connectivity index (χ0) is 35.6. The number of hydrogen-bond acceptors (Lipinski definition) is 3. The summed E-state index contributed by atoms with van der Waals surface area (Å²) in [5.41, 5.74) is 14.5. The van der Waals surface area contributed by atoms with Crippen molar-refractivity contribution < 1.29 is 8.83 Å². The number of fused-ring (bicyclic) bond motifs is 8. The van der Waals surface area contributed by atoms with Gasteiger partial charge in [0.05, 0.1) is 5.52 Å².